The molecule has 0 saturated heterocycles. The monoisotopic (exact) mass is 381 g/mol. The molecule has 0 saturated carbocycles. The van der Waals surface area contributed by atoms with E-state index in [1.807, 2.05) is 19.1 Å². The number of nitro groups is 1. The van der Waals surface area contributed by atoms with E-state index < -0.39 is 16.7 Å². The van der Waals surface area contributed by atoms with Gasteiger partial charge in [0.25, 0.3) is 0 Å². The summed E-state index contributed by atoms with van der Waals surface area (Å²) in [5, 5.41) is 15.5. The first-order valence-electron chi connectivity index (χ1n) is 8.82. The van der Waals surface area contributed by atoms with E-state index in [2.05, 4.69) is 5.10 Å². The third-order valence-corrected chi connectivity index (χ3v) is 4.81. The fourth-order valence-electron chi connectivity index (χ4n) is 3.26. The number of benzene rings is 2. The summed E-state index contributed by atoms with van der Waals surface area (Å²) >= 11 is 0. The Morgan fingerprint density at radius 1 is 1.11 bits per heavy atom. The highest BCUT2D eigenvalue weighted by atomic mass is 19.1. The average Bonchev–Trinajstić information content (AvgIpc) is 2.94. The van der Waals surface area contributed by atoms with Gasteiger partial charge in [-0.05, 0) is 38.5 Å². The van der Waals surface area contributed by atoms with Crippen LogP contribution in [0.2, 0.25) is 0 Å². The second-order valence-corrected chi connectivity index (χ2v) is 6.79. The lowest BCUT2D eigenvalue weighted by molar-refractivity contribution is -0.386. The van der Waals surface area contributed by atoms with Crippen molar-refractivity contribution < 1.29 is 14.1 Å². The number of hydrogen-bond donors (Lipinski definition) is 0. The van der Waals surface area contributed by atoms with Crippen molar-refractivity contribution >= 4 is 11.5 Å². The van der Waals surface area contributed by atoms with E-state index in [1.165, 1.54) is 16.8 Å². The van der Waals surface area contributed by atoms with Gasteiger partial charge in [0.1, 0.15) is 17.2 Å². The van der Waals surface area contributed by atoms with Crippen LogP contribution >= 0.6 is 0 Å². The minimum absolute atomic E-state index is 0.0550. The van der Waals surface area contributed by atoms with E-state index in [1.54, 1.807) is 38.1 Å². The molecule has 0 N–H and O–H groups in total. The zero-order valence-corrected chi connectivity index (χ0v) is 15.8. The highest BCUT2D eigenvalue weighted by Gasteiger charge is 2.27. The first-order valence-corrected chi connectivity index (χ1v) is 8.82. The Bertz CT molecular complexity index is 1020. The van der Waals surface area contributed by atoms with Gasteiger partial charge in [-0.3, -0.25) is 19.6 Å². The molecule has 28 heavy (non-hydrogen) atoms. The van der Waals surface area contributed by atoms with Gasteiger partial charge < -0.3 is 0 Å². The van der Waals surface area contributed by atoms with Crippen molar-refractivity contribution in [1.82, 2.24) is 9.78 Å². The zero-order valence-electron chi connectivity index (χ0n) is 15.8. The van der Waals surface area contributed by atoms with Gasteiger partial charge in [-0.2, -0.15) is 5.10 Å². The number of carbonyl (C=O) groups excluding carboxylic acids is 1. The number of carbonyl (C=O) groups is 1. The van der Waals surface area contributed by atoms with Crippen LogP contribution < -0.4 is 0 Å². The topological polar surface area (TPSA) is 78.0 Å². The van der Waals surface area contributed by atoms with Crippen molar-refractivity contribution in [3.8, 4) is 0 Å². The predicted octanol–water partition coefficient (Wildman–Crippen LogP) is 4.52. The quantitative estimate of drug-likeness (QED) is 0.357. The molecule has 2 aromatic carbocycles. The van der Waals surface area contributed by atoms with E-state index >= 15 is 0 Å². The van der Waals surface area contributed by atoms with Gasteiger partial charge >= 0.3 is 5.69 Å². The molecule has 1 aromatic heterocycles. The summed E-state index contributed by atoms with van der Waals surface area (Å²) in [4.78, 5) is 24.0. The molecule has 0 fully saturated rings. The highest BCUT2D eigenvalue weighted by molar-refractivity contribution is 6.01. The molecule has 0 bridgehead atoms. The van der Waals surface area contributed by atoms with E-state index in [0.717, 1.165) is 5.56 Å². The largest absolute Gasteiger partial charge is 0.312 e. The third-order valence-electron chi connectivity index (χ3n) is 4.81. The number of ketones is 1. The molecule has 7 heteroatoms. The summed E-state index contributed by atoms with van der Waals surface area (Å²) in [6, 6.07) is 12.9. The number of nitrogens with zero attached hydrogens (tertiary/aromatic N) is 3. The lowest BCUT2D eigenvalue weighted by Crippen LogP contribution is -2.20. The van der Waals surface area contributed by atoms with E-state index in [0.29, 0.717) is 22.5 Å². The standard InChI is InChI=1S/C21H20FN3O3/c1-13-4-6-17(7-5-13)21(26)19(16-8-10-18(22)11-9-16)12-24-15(3)20(25(27)28)14(2)23-24/h4-11,19H,12H2,1-3H3/t19-/m1/s1. The fraction of sp³-hybridized carbons (Fsp3) is 0.238. The molecule has 1 heterocycles. The van der Waals surface area contributed by atoms with Gasteiger partial charge in [-0.1, -0.05) is 42.0 Å². The minimum Gasteiger partial charge on any atom is -0.293 e. The summed E-state index contributed by atoms with van der Waals surface area (Å²) in [6.07, 6.45) is 0. The van der Waals surface area contributed by atoms with Gasteiger partial charge in [0.05, 0.1) is 17.4 Å². The molecule has 0 unspecified atom stereocenters. The van der Waals surface area contributed by atoms with Crippen LogP contribution in [0.5, 0.6) is 0 Å². The van der Waals surface area contributed by atoms with Gasteiger partial charge in [-0.25, -0.2) is 4.39 Å². The van der Waals surface area contributed by atoms with Crippen LogP contribution in [-0.2, 0) is 6.54 Å². The summed E-state index contributed by atoms with van der Waals surface area (Å²) in [5.74, 6) is -1.20. The molecule has 1 atom stereocenters. The predicted molar refractivity (Wildman–Crippen MR) is 103 cm³/mol. The van der Waals surface area contributed by atoms with Crippen LogP contribution in [0.3, 0.4) is 0 Å². The highest BCUT2D eigenvalue weighted by Crippen LogP contribution is 2.28. The van der Waals surface area contributed by atoms with Gasteiger partial charge in [0, 0.05) is 5.56 Å². The SMILES string of the molecule is Cc1ccc(C(=O)[C@H](Cn2nc(C)c([N+](=O)[O-])c2C)c2ccc(F)cc2)cc1. The van der Waals surface area contributed by atoms with Crippen molar-refractivity contribution in [2.75, 3.05) is 0 Å². The van der Waals surface area contributed by atoms with E-state index in [-0.39, 0.29) is 18.0 Å². The number of halogens is 1. The molecule has 0 aliphatic carbocycles. The maximum Gasteiger partial charge on any atom is 0.312 e. The van der Waals surface area contributed by atoms with Crippen LogP contribution in [0.4, 0.5) is 10.1 Å². The maximum absolute atomic E-state index is 13.4. The molecular formula is C21H20FN3O3. The number of hydrogen-bond acceptors (Lipinski definition) is 4. The molecule has 0 spiro atoms. The summed E-state index contributed by atoms with van der Waals surface area (Å²) in [6.45, 7) is 5.23. The van der Waals surface area contributed by atoms with Crippen LogP contribution in [0.15, 0.2) is 48.5 Å². The molecule has 3 rings (SSSR count). The zero-order chi connectivity index (χ0) is 20.4. The first-order chi connectivity index (χ1) is 13.3. The van der Waals surface area contributed by atoms with E-state index in [4.69, 9.17) is 0 Å². The Labute approximate surface area is 161 Å². The molecule has 0 amide bonds. The molecule has 144 valence electrons. The summed E-state index contributed by atoms with van der Waals surface area (Å²) in [7, 11) is 0. The summed E-state index contributed by atoms with van der Waals surface area (Å²) < 4.78 is 14.9. The molecule has 0 aliphatic heterocycles. The van der Waals surface area contributed by atoms with Crippen molar-refractivity contribution in [3.05, 3.63) is 92.5 Å². The second kappa shape index (κ2) is 7.72. The number of aryl methyl sites for hydroxylation is 2. The number of aromatic nitrogens is 2. The Morgan fingerprint density at radius 2 is 1.71 bits per heavy atom. The fourth-order valence-corrected chi connectivity index (χ4v) is 3.26. The lowest BCUT2D eigenvalue weighted by Gasteiger charge is -2.17. The second-order valence-electron chi connectivity index (χ2n) is 6.79. The molecule has 0 aliphatic rings. The Balaban J connectivity index is 2.03. The Kier molecular flexibility index (Phi) is 5.35. The van der Waals surface area contributed by atoms with Crippen molar-refractivity contribution in [1.29, 1.82) is 0 Å². The molecule has 0 radical (unpaired) electrons. The third kappa shape index (κ3) is 3.83. The van der Waals surface area contributed by atoms with Gasteiger partial charge in [0.2, 0.25) is 0 Å². The normalized spacial score (nSPS) is 12.0. The van der Waals surface area contributed by atoms with Gasteiger partial charge in [0.15, 0.2) is 5.78 Å². The summed E-state index contributed by atoms with van der Waals surface area (Å²) in [5.41, 5.74) is 2.80. The van der Waals surface area contributed by atoms with E-state index in [9.17, 15) is 19.3 Å². The Morgan fingerprint density at radius 3 is 2.25 bits per heavy atom. The molecule has 6 nitrogen and oxygen atoms in total. The van der Waals surface area contributed by atoms with Crippen molar-refractivity contribution in [3.63, 3.8) is 0 Å². The Hall–Kier alpha value is -3.35. The maximum atomic E-state index is 13.4. The first kappa shape index (κ1) is 19.4. The average molecular weight is 381 g/mol. The van der Waals surface area contributed by atoms with Crippen LogP contribution in [0, 0.1) is 36.7 Å². The van der Waals surface area contributed by atoms with Crippen LogP contribution in [0.25, 0.3) is 0 Å². The van der Waals surface area contributed by atoms with Crippen LogP contribution in [0.1, 0.15) is 38.8 Å². The molecule has 3 aromatic rings. The van der Waals surface area contributed by atoms with Crippen molar-refractivity contribution in [2.24, 2.45) is 0 Å². The number of rotatable bonds is 6. The smallest absolute Gasteiger partial charge is 0.293 e. The van der Waals surface area contributed by atoms with Gasteiger partial charge in [-0.15, -0.1) is 0 Å². The number of Topliss-reactive ketones (excluding diaryl/α,β-unsaturated/α-hetero) is 1. The van der Waals surface area contributed by atoms with Crippen molar-refractivity contribution in [2.45, 2.75) is 33.2 Å². The lowest BCUT2D eigenvalue weighted by atomic mass is 9.90. The minimum atomic E-state index is -0.652. The van der Waals surface area contributed by atoms with Crippen LogP contribution in [-0.4, -0.2) is 20.5 Å². The molecular weight excluding hydrogens is 361 g/mol.